The highest BCUT2D eigenvalue weighted by Crippen LogP contribution is 2.33. The molecule has 1 aromatic rings. The van der Waals surface area contributed by atoms with Crippen molar-refractivity contribution >= 4 is 0 Å². The molecule has 0 spiro atoms. The Morgan fingerprint density at radius 3 is 2.60 bits per heavy atom. The Balaban J connectivity index is 2.07. The lowest BCUT2D eigenvalue weighted by Gasteiger charge is -2.34. The van der Waals surface area contributed by atoms with E-state index in [1.54, 1.807) is 6.07 Å². The molecule has 1 saturated heterocycles. The summed E-state index contributed by atoms with van der Waals surface area (Å²) in [6.07, 6.45) is -0.400. The Kier molecular flexibility index (Phi) is 4.43. The van der Waals surface area contributed by atoms with E-state index in [9.17, 15) is 13.2 Å². The fourth-order valence-corrected chi connectivity index (χ4v) is 3.09. The number of benzene rings is 1. The minimum Gasteiger partial charge on any atom is -0.311 e. The normalized spacial score (nSPS) is 23.5. The van der Waals surface area contributed by atoms with Gasteiger partial charge in [0.15, 0.2) is 0 Å². The summed E-state index contributed by atoms with van der Waals surface area (Å²) < 4.78 is 38.1. The minimum absolute atomic E-state index is 0.0915. The van der Waals surface area contributed by atoms with Crippen LogP contribution in [-0.4, -0.2) is 12.1 Å². The van der Waals surface area contributed by atoms with Gasteiger partial charge in [-0.15, -0.1) is 0 Å². The molecule has 1 aromatic carbocycles. The Labute approximate surface area is 118 Å². The molecule has 0 amide bonds. The second-order valence-electron chi connectivity index (χ2n) is 6.04. The first-order chi connectivity index (χ1) is 9.33. The maximum atomic E-state index is 12.7. The topological polar surface area (TPSA) is 12.0 Å². The summed E-state index contributed by atoms with van der Waals surface area (Å²) >= 11 is 0. The second kappa shape index (κ2) is 5.76. The fourth-order valence-electron chi connectivity index (χ4n) is 3.09. The van der Waals surface area contributed by atoms with E-state index >= 15 is 0 Å². The van der Waals surface area contributed by atoms with Crippen LogP contribution in [-0.2, 0) is 12.6 Å². The monoisotopic (exact) mass is 285 g/mol. The predicted molar refractivity (Wildman–Crippen MR) is 74.6 cm³/mol. The van der Waals surface area contributed by atoms with E-state index in [0.717, 1.165) is 37.4 Å². The molecule has 0 radical (unpaired) electrons. The van der Waals surface area contributed by atoms with Crippen molar-refractivity contribution in [1.82, 2.24) is 5.32 Å². The minimum atomic E-state index is -4.25. The van der Waals surface area contributed by atoms with Crippen molar-refractivity contribution in [2.24, 2.45) is 5.92 Å². The van der Waals surface area contributed by atoms with Crippen molar-refractivity contribution in [2.45, 2.75) is 51.2 Å². The van der Waals surface area contributed by atoms with E-state index in [2.05, 4.69) is 19.2 Å². The van der Waals surface area contributed by atoms with Crippen molar-refractivity contribution in [3.8, 4) is 0 Å². The SMILES string of the molecule is CC(C)C1(CCc2cccc(C(F)(F)F)c2)CCCN1. The van der Waals surface area contributed by atoms with Gasteiger partial charge >= 0.3 is 6.18 Å². The van der Waals surface area contributed by atoms with E-state index in [4.69, 9.17) is 0 Å². The average Bonchev–Trinajstić information content (AvgIpc) is 2.86. The maximum absolute atomic E-state index is 12.7. The van der Waals surface area contributed by atoms with Crippen LogP contribution >= 0.6 is 0 Å². The van der Waals surface area contributed by atoms with Crippen LogP contribution in [0.25, 0.3) is 0 Å². The van der Waals surface area contributed by atoms with Crippen LogP contribution in [0.3, 0.4) is 0 Å². The van der Waals surface area contributed by atoms with Gasteiger partial charge in [0, 0.05) is 5.54 Å². The molecule has 112 valence electrons. The second-order valence-corrected chi connectivity index (χ2v) is 6.04. The van der Waals surface area contributed by atoms with E-state index in [0.29, 0.717) is 12.3 Å². The van der Waals surface area contributed by atoms with E-state index < -0.39 is 11.7 Å². The Morgan fingerprint density at radius 1 is 1.30 bits per heavy atom. The van der Waals surface area contributed by atoms with Gasteiger partial charge in [-0.1, -0.05) is 32.0 Å². The third kappa shape index (κ3) is 3.35. The van der Waals surface area contributed by atoms with Gasteiger partial charge in [-0.25, -0.2) is 0 Å². The molecule has 0 bridgehead atoms. The molecular weight excluding hydrogens is 263 g/mol. The van der Waals surface area contributed by atoms with Crippen LogP contribution in [0.1, 0.15) is 44.2 Å². The van der Waals surface area contributed by atoms with Crippen LogP contribution < -0.4 is 5.32 Å². The molecule has 1 atom stereocenters. The van der Waals surface area contributed by atoms with Gasteiger partial charge in [0.1, 0.15) is 0 Å². The van der Waals surface area contributed by atoms with Crippen molar-refractivity contribution in [3.05, 3.63) is 35.4 Å². The summed E-state index contributed by atoms with van der Waals surface area (Å²) in [5, 5.41) is 3.56. The average molecular weight is 285 g/mol. The third-order valence-electron chi connectivity index (χ3n) is 4.50. The quantitative estimate of drug-likeness (QED) is 0.863. The molecule has 1 N–H and O–H groups in total. The van der Waals surface area contributed by atoms with E-state index in [1.807, 2.05) is 0 Å². The largest absolute Gasteiger partial charge is 0.416 e. The highest BCUT2D eigenvalue weighted by atomic mass is 19.4. The Morgan fingerprint density at radius 2 is 2.05 bits per heavy atom. The molecule has 0 aliphatic carbocycles. The lowest BCUT2D eigenvalue weighted by Crippen LogP contribution is -2.45. The number of rotatable bonds is 4. The highest BCUT2D eigenvalue weighted by molar-refractivity contribution is 5.26. The Hall–Kier alpha value is -1.03. The summed E-state index contributed by atoms with van der Waals surface area (Å²) in [5.74, 6) is 0.496. The predicted octanol–water partition coefficient (Wildman–Crippen LogP) is 4.42. The molecule has 1 heterocycles. The van der Waals surface area contributed by atoms with Crippen LogP contribution in [0.5, 0.6) is 0 Å². The first kappa shape index (κ1) is 15.4. The van der Waals surface area contributed by atoms with Crippen molar-refractivity contribution < 1.29 is 13.2 Å². The summed E-state index contributed by atoms with van der Waals surface area (Å²) in [7, 11) is 0. The zero-order valence-electron chi connectivity index (χ0n) is 12.1. The number of hydrogen-bond acceptors (Lipinski definition) is 1. The molecule has 20 heavy (non-hydrogen) atoms. The molecule has 4 heteroatoms. The molecule has 2 rings (SSSR count). The number of halogens is 3. The number of alkyl halides is 3. The molecule has 1 aliphatic rings. The van der Waals surface area contributed by atoms with Crippen LogP contribution in [0.2, 0.25) is 0 Å². The molecule has 1 nitrogen and oxygen atoms in total. The maximum Gasteiger partial charge on any atom is 0.416 e. The lowest BCUT2D eigenvalue weighted by molar-refractivity contribution is -0.137. The van der Waals surface area contributed by atoms with Gasteiger partial charge < -0.3 is 5.32 Å². The Bertz CT molecular complexity index is 445. The van der Waals surface area contributed by atoms with Crippen LogP contribution in [0.15, 0.2) is 24.3 Å². The number of aryl methyl sites for hydroxylation is 1. The molecule has 1 fully saturated rings. The zero-order valence-corrected chi connectivity index (χ0v) is 12.1. The summed E-state index contributed by atoms with van der Waals surface area (Å²) in [6.45, 7) is 5.38. The smallest absolute Gasteiger partial charge is 0.311 e. The lowest BCUT2D eigenvalue weighted by atomic mass is 9.80. The number of hydrogen-bond donors (Lipinski definition) is 1. The van der Waals surface area contributed by atoms with Gasteiger partial charge in [-0.3, -0.25) is 0 Å². The fraction of sp³-hybridized carbons (Fsp3) is 0.625. The van der Waals surface area contributed by atoms with Gasteiger partial charge in [0.25, 0.3) is 0 Å². The standard InChI is InChI=1S/C16H22F3N/c1-12(2)15(8-4-10-20-15)9-7-13-5-3-6-14(11-13)16(17,18)19/h3,5-6,11-12,20H,4,7-10H2,1-2H3. The molecule has 1 aliphatic heterocycles. The van der Waals surface area contributed by atoms with Gasteiger partial charge in [0.2, 0.25) is 0 Å². The van der Waals surface area contributed by atoms with Gasteiger partial charge in [0.05, 0.1) is 5.56 Å². The molecular formula is C16H22F3N. The van der Waals surface area contributed by atoms with E-state index in [1.165, 1.54) is 12.1 Å². The van der Waals surface area contributed by atoms with Crippen molar-refractivity contribution in [2.75, 3.05) is 6.54 Å². The zero-order chi connectivity index (χ0) is 14.8. The van der Waals surface area contributed by atoms with Crippen molar-refractivity contribution in [1.29, 1.82) is 0 Å². The van der Waals surface area contributed by atoms with Crippen LogP contribution in [0, 0.1) is 5.92 Å². The van der Waals surface area contributed by atoms with Gasteiger partial charge in [-0.2, -0.15) is 13.2 Å². The van der Waals surface area contributed by atoms with E-state index in [-0.39, 0.29) is 5.54 Å². The summed E-state index contributed by atoms with van der Waals surface area (Å²) in [6, 6.07) is 5.71. The van der Waals surface area contributed by atoms with Gasteiger partial charge in [-0.05, 0) is 49.8 Å². The number of nitrogens with one attached hydrogen (secondary N) is 1. The highest BCUT2D eigenvalue weighted by Gasteiger charge is 2.36. The summed E-state index contributed by atoms with van der Waals surface area (Å²) in [4.78, 5) is 0. The third-order valence-corrected chi connectivity index (χ3v) is 4.50. The van der Waals surface area contributed by atoms with Crippen LogP contribution in [0.4, 0.5) is 13.2 Å². The first-order valence-corrected chi connectivity index (χ1v) is 7.25. The molecule has 0 saturated carbocycles. The summed E-state index contributed by atoms with van der Waals surface area (Å²) in [5.41, 5.74) is 0.315. The molecule has 0 aromatic heterocycles. The van der Waals surface area contributed by atoms with Crippen molar-refractivity contribution in [3.63, 3.8) is 0 Å². The molecule has 1 unspecified atom stereocenters. The first-order valence-electron chi connectivity index (χ1n) is 7.25.